The molecule has 0 aliphatic carbocycles. The molecular formula is C30H43N3O5. The van der Waals surface area contributed by atoms with E-state index in [-0.39, 0.29) is 18.5 Å². The number of nitrogens with two attached hydrogens (primary N) is 1. The van der Waals surface area contributed by atoms with Gasteiger partial charge in [0.05, 0.1) is 7.11 Å². The Bertz CT molecular complexity index is 1030. The van der Waals surface area contributed by atoms with Crippen LogP contribution in [0.25, 0.3) is 0 Å². The monoisotopic (exact) mass is 525 g/mol. The van der Waals surface area contributed by atoms with Crippen molar-refractivity contribution in [2.24, 2.45) is 5.73 Å². The summed E-state index contributed by atoms with van der Waals surface area (Å²) in [6, 6.07) is 13.0. The van der Waals surface area contributed by atoms with Gasteiger partial charge >= 0.3 is 5.97 Å². The van der Waals surface area contributed by atoms with E-state index in [1.54, 1.807) is 7.11 Å². The van der Waals surface area contributed by atoms with Crippen molar-refractivity contribution in [1.82, 2.24) is 9.80 Å². The highest BCUT2D eigenvalue weighted by atomic mass is 16.6. The van der Waals surface area contributed by atoms with E-state index >= 15 is 0 Å². The van der Waals surface area contributed by atoms with Crippen LogP contribution in [0.15, 0.2) is 42.5 Å². The number of aryl methyl sites for hydroxylation is 2. The van der Waals surface area contributed by atoms with Gasteiger partial charge in [-0.3, -0.25) is 19.4 Å². The first-order chi connectivity index (χ1) is 18.3. The van der Waals surface area contributed by atoms with E-state index in [0.29, 0.717) is 37.6 Å². The maximum Gasteiger partial charge on any atom is 0.306 e. The average molecular weight is 526 g/mol. The predicted octanol–water partition coefficient (Wildman–Crippen LogP) is 4.03. The van der Waals surface area contributed by atoms with Crippen LogP contribution >= 0.6 is 0 Å². The van der Waals surface area contributed by atoms with Crippen molar-refractivity contribution in [1.29, 1.82) is 0 Å². The van der Waals surface area contributed by atoms with Crippen LogP contribution in [0.3, 0.4) is 0 Å². The Hall–Kier alpha value is -3.10. The maximum atomic E-state index is 12.6. The molecule has 38 heavy (non-hydrogen) atoms. The number of nitrogens with zero attached hydrogens (tertiary/aromatic N) is 2. The SMILES string of the molecule is CCCCCC(=O)OC(COc1ccccc1OC)CN1CCN(C(C(N)=O)c2c(C)cccc2C)CC1. The van der Waals surface area contributed by atoms with E-state index in [4.69, 9.17) is 19.9 Å². The lowest BCUT2D eigenvalue weighted by molar-refractivity contribution is -0.152. The Labute approximate surface area is 227 Å². The Morgan fingerprint density at radius 3 is 2.21 bits per heavy atom. The molecule has 3 rings (SSSR count). The first-order valence-electron chi connectivity index (χ1n) is 13.6. The Morgan fingerprint density at radius 1 is 0.947 bits per heavy atom. The largest absolute Gasteiger partial charge is 0.493 e. The number of primary amides is 1. The molecule has 2 aromatic rings. The van der Waals surface area contributed by atoms with E-state index in [1.165, 1.54) is 0 Å². The number of amides is 1. The van der Waals surface area contributed by atoms with Gasteiger partial charge < -0.3 is 19.9 Å². The van der Waals surface area contributed by atoms with Crippen molar-refractivity contribution in [2.45, 2.75) is 58.6 Å². The van der Waals surface area contributed by atoms with Crippen LogP contribution in [0.4, 0.5) is 0 Å². The molecule has 2 unspecified atom stereocenters. The van der Waals surface area contributed by atoms with Crippen LogP contribution in [-0.4, -0.2) is 74.2 Å². The van der Waals surface area contributed by atoms with Gasteiger partial charge in [0, 0.05) is 39.1 Å². The zero-order valence-electron chi connectivity index (χ0n) is 23.3. The van der Waals surface area contributed by atoms with Crippen LogP contribution in [0.5, 0.6) is 11.5 Å². The fourth-order valence-electron chi connectivity index (χ4n) is 5.06. The van der Waals surface area contributed by atoms with Gasteiger partial charge in [-0.2, -0.15) is 0 Å². The Morgan fingerprint density at radius 2 is 1.61 bits per heavy atom. The number of piperazine rings is 1. The molecule has 1 heterocycles. The molecule has 8 heteroatoms. The van der Waals surface area contributed by atoms with E-state index in [9.17, 15) is 9.59 Å². The van der Waals surface area contributed by atoms with E-state index in [0.717, 1.165) is 49.0 Å². The number of carbonyl (C=O) groups excluding carboxylic acids is 2. The Balaban J connectivity index is 1.64. The lowest BCUT2D eigenvalue weighted by atomic mass is 9.94. The van der Waals surface area contributed by atoms with Gasteiger partial charge in [0.25, 0.3) is 0 Å². The maximum absolute atomic E-state index is 12.6. The summed E-state index contributed by atoms with van der Waals surface area (Å²) in [7, 11) is 1.60. The summed E-state index contributed by atoms with van der Waals surface area (Å²) >= 11 is 0. The van der Waals surface area contributed by atoms with Crippen LogP contribution in [0.2, 0.25) is 0 Å². The van der Waals surface area contributed by atoms with Crippen LogP contribution in [0.1, 0.15) is 55.3 Å². The third-order valence-electron chi connectivity index (χ3n) is 7.10. The smallest absolute Gasteiger partial charge is 0.306 e. The molecule has 2 aromatic carbocycles. The normalized spacial score (nSPS) is 16.0. The third-order valence-corrected chi connectivity index (χ3v) is 7.10. The van der Waals surface area contributed by atoms with Crippen molar-refractivity contribution in [3.05, 3.63) is 59.2 Å². The molecule has 0 spiro atoms. The number of benzene rings is 2. The number of hydrogen-bond acceptors (Lipinski definition) is 7. The molecule has 0 bridgehead atoms. The van der Waals surface area contributed by atoms with Crippen LogP contribution in [-0.2, 0) is 14.3 Å². The molecule has 8 nitrogen and oxygen atoms in total. The minimum absolute atomic E-state index is 0.200. The first-order valence-corrected chi connectivity index (χ1v) is 13.6. The fraction of sp³-hybridized carbons (Fsp3) is 0.533. The van der Waals surface area contributed by atoms with Gasteiger partial charge in [-0.25, -0.2) is 0 Å². The number of methoxy groups -OCH3 is 1. The second kappa shape index (κ2) is 14.7. The molecule has 1 saturated heterocycles. The second-order valence-electron chi connectivity index (χ2n) is 9.98. The van der Waals surface area contributed by atoms with E-state index < -0.39 is 12.1 Å². The third kappa shape index (κ3) is 8.20. The average Bonchev–Trinajstić information content (AvgIpc) is 2.90. The van der Waals surface area contributed by atoms with E-state index in [2.05, 4.69) is 16.7 Å². The van der Waals surface area contributed by atoms with Crippen LogP contribution < -0.4 is 15.2 Å². The number of ether oxygens (including phenoxy) is 3. The lowest BCUT2D eigenvalue weighted by Gasteiger charge is -2.39. The van der Waals surface area contributed by atoms with Gasteiger partial charge in [0.15, 0.2) is 11.5 Å². The quantitative estimate of drug-likeness (QED) is 0.294. The zero-order chi connectivity index (χ0) is 27.5. The second-order valence-corrected chi connectivity index (χ2v) is 9.98. The molecular weight excluding hydrogens is 482 g/mol. The highest BCUT2D eigenvalue weighted by molar-refractivity contribution is 5.82. The molecule has 1 aliphatic rings. The molecule has 2 atom stereocenters. The number of carbonyl (C=O) groups is 2. The van der Waals surface area contributed by atoms with Gasteiger partial charge in [-0.15, -0.1) is 0 Å². The molecule has 1 amide bonds. The van der Waals surface area contributed by atoms with E-state index in [1.807, 2.05) is 56.3 Å². The zero-order valence-corrected chi connectivity index (χ0v) is 23.3. The summed E-state index contributed by atoms with van der Waals surface area (Å²) in [6.45, 7) is 9.77. The summed E-state index contributed by atoms with van der Waals surface area (Å²) in [6.07, 6.45) is 2.85. The van der Waals surface area contributed by atoms with Gasteiger partial charge in [-0.05, 0) is 49.1 Å². The molecule has 0 aromatic heterocycles. The summed E-state index contributed by atoms with van der Waals surface area (Å²) in [4.78, 5) is 29.5. The van der Waals surface area contributed by atoms with Crippen molar-refractivity contribution >= 4 is 11.9 Å². The molecule has 0 radical (unpaired) electrons. The number of unbranched alkanes of at least 4 members (excludes halogenated alkanes) is 2. The standard InChI is InChI=1S/C30H43N3O5/c1-5-6-7-15-27(34)38-24(21-37-26-14-9-8-13-25(26)36-4)20-32-16-18-33(19-17-32)29(30(31)35)28-22(2)11-10-12-23(28)3/h8-14,24,29H,5-7,15-21H2,1-4H3,(H2,31,35). The topological polar surface area (TPSA) is 94.3 Å². The molecule has 2 N–H and O–H groups in total. The Kier molecular flexibility index (Phi) is 11.4. The molecule has 0 saturated carbocycles. The van der Waals surface area contributed by atoms with Gasteiger partial charge in [0.2, 0.25) is 5.91 Å². The van der Waals surface area contributed by atoms with Gasteiger partial charge in [-0.1, -0.05) is 50.1 Å². The number of hydrogen-bond donors (Lipinski definition) is 1. The van der Waals surface area contributed by atoms with Gasteiger partial charge in [0.1, 0.15) is 18.8 Å². The summed E-state index contributed by atoms with van der Waals surface area (Å²) in [5.41, 5.74) is 9.03. The number of esters is 1. The minimum Gasteiger partial charge on any atom is -0.493 e. The van der Waals surface area contributed by atoms with Crippen molar-refractivity contribution in [3.8, 4) is 11.5 Å². The summed E-state index contributed by atoms with van der Waals surface area (Å²) in [5, 5.41) is 0. The van der Waals surface area contributed by atoms with Crippen LogP contribution in [0, 0.1) is 13.8 Å². The van der Waals surface area contributed by atoms with Crippen molar-refractivity contribution in [2.75, 3.05) is 46.4 Å². The summed E-state index contributed by atoms with van der Waals surface area (Å²) in [5.74, 6) is 0.720. The fourth-order valence-corrected chi connectivity index (χ4v) is 5.06. The highest BCUT2D eigenvalue weighted by Gasteiger charge is 2.32. The first kappa shape index (κ1) is 29.5. The summed E-state index contributed by atoms with van der Waals surface area (Å²) < 4.78 is 17.3. The minimum atomic E-state index is -0.459. The molecule has 1 aliphatic heterocycles. The van der Waals surface area contributed by atoms with Crippen molar-refractivity contribution < 1.29 is 23.8 Å². The lowest BCUT2D eigenvalue weighted by Crippen LogP contribution is -2.52. The van der Waals surface area contributed by atoms with Crippen molar-refractivity contribution in [3.63, 3.8) is 0 Å². The predicted molar refractivity (Wildman–Crippen MR) is 148 cm³/mol. The molecule has 208 valence electrons. The number of rotatable bonds is 14. The molecule has 1 fully saturated rings. The highest BCUT2D eigenvalue weighted by Crippen LogP contribution is 2.29. The number of para-hydroxylation sites is 2.